The van der Waals surface area contributed by atoms with Crippen LogP contribution in [0.15, 0.2) is 4.47 Å². The minimum Gasteiger partial charge on any atom is -0.330 e. The quantitative estimate of drug-likeness (QED) is 0.500. The average Bonchev–Trinajstić information content (AvgIpc) is 2.84. The van der Waals surface area contributed by atoms with Crippen LogP contribution in [-0.4, -0.2) is 6.54 Å². The molecule has 18 heavy (non-hydrogen) atoms. The van der Waals surface area contributed by atoms with Crippen LogP contribution in [-0.2, 0) is 5.41 Å². The summed E-state index contributed by atoms with van der Waals surface area (Å²) in [5.41, 5.74) is 4.06. The Balaban J connectivity index is 2.71. The Morgan fingerprint density at radius 1 is 0.944 bits per heavy atom. The van der Waals surface area contributed by atoms with Crippen molar-refractivity contribution in [3.05, 3.63) is 33.3 Å². The smallest absolute Gasteiger partial charge is 0.176 e. The van der Waals surface area contributed by atoms with Crippen LogP contribution in [0.4, 0.5) is 17.6 Å². The summed E-state index contributed by atoms with van der Waals surface area (Å²) in [4.78, 5) is 0. The molecule has 2 rings (SSSR count). The van der Waals surface area contributed by atoms with Gasteiger partial charge in [0.05, 0.1) is 4.47 Å². The summed E-state index contributed by atoms with van der Waals surface area (Å²) in [5, 5.41) is 0. The first-order valence-corrected chi connectivity index (χ1v) is 6.46. The molecule has 0 radical (unpaired) electrons. The molecule has 1 aromatic carbocycles. The van der Waals surface area contributed by atoms with Crippen molar-refractivity contribution in [2.45, 2.75) is 31.1 Å². The van der Waals surface area contributed by atoms with Crippen molar-refractivity contribution >= 4 is 15.9 Å². The third-order valence-corrected chi connectivity index (χ3v) is 4.39. The molecule has 1 aromatic rings. The van der Waals surface area contributed by atoms with Crippen molar-refractivity contribution < 1.29 is 17.6 Å². The fourth-order valence-corrected chi connectivity index (χ4v) is 3.03. The largest absolute Gasteiger partial charge is 0.330 e. The van der Waals surface area contributed by atoms with E-state index in [-0.39, 0.29) is 6.54 Å². The van der Waals surface area contributed by atoms with Gasteiger partial charge < -0.3 is 5.73 Å². The van der Waals surface area contributed by atoms with Gasteiger partial charge >= 0.3 is 0 Å². The molecule has 1 saturated carbocycles. The van der Waals surface area contributed by atoms with Crippen molar-refractivity contribution in [3.8, 4) is 0 Å². The van der Waals surface area contributed by atoms with E-state index in [0.29, 0.717) is 12.8 Å². The molecule has 1 nitrogen and oxygen atoms in total. The van der Waals surface area contributed by atoms with Gasteiger partial charge in [-0.3, -0.25) is 0 Å². The number of hydrogen-bond donors (Lipinski definition) is 1. The second-order valence-electron chi connectivity index (χ2n) is 4.64. The molecular formula is C12H12BrF4N. The number of hydrogen-bond acceptors (Lipinski definition) is 1. The summed E-state index contributed by atoms with van der Waals surface area (Å²) >= 11 is 2.50. The van der Waals surface area contributed by atoms with Crippen LogP contribution < -0.4 is 5.73 Å². The molecular weight excluding hydrogens is 314 g/mol. The van der Waals surface area contributed by atoms with Crippen LogP contribution >= 0.6 is 15.9 Å². The van der Waals surface area contributed by atoms with E-state index >= 15 is 0 Å². The van der Waals surface area contributed by atoms with E-state index in [2.05, 4.69) is 15.9 Å². The average molecular weight is 326 g/mol. The third-order valence-electron chi connectivity index (χ3n) is 3.69. The molecule has 0 saturated heterocycles. The van der Waals surface area contributed by atoms with Crippen molar-refractivity contribution in [2.24, 2.45) is 5.73 Å². The number of rotatable bonds is 2. The van der Waals surface area contributed by atoms with Gasteiger partial charge in [0.25, 0.3) is 0 Å². The number of halogens is 5. The highest BCUT2D eigenvalue weighted by Crippen LogP contribution is 2.44. The molecule has 0 atom stereocenters. The van der Waals surface area contributed by atoms with Crippen molar-refractivity contribution in [3.63, 3.8) is 0 Å². The highest BCUT2D eigenvalue weighted by atomic mass is 79.9. The van der Waals surface area contributed by atoms with E-state index in [9.17, 15) is 17.6 Å². The fraction of sp³-hybridized carbons (Fsp3) is 0.500. The topological polar surface area (TPSA) is 26.0 Å². The summed E-state index contributed by atoms with van der Waals surface area (Å²) < 4.78 is 54.1. The van der Waals surface area contributed by atoms with Gasteiger partial charge in [-0.05, 0) is 28.8 Å². The molecule has 1 aliphatic carbocycles. The zero-order valence-electron chi connectivity index (χ0n) is 9.50. The van der Waals surface area contributed by atoms with E-state index < -0.39 is 38.7 Å². The van der Waals surface area contributed by atoms with Gasteiger partial charge in [0.2, 0.25) is 0 Å². The van der Waals surface area contributed by atoms with Crippen molar-refractivity contribution in [2.75, 3.05) is 6.54 Å². The van der Waals surface area contributed by atoms with Crippen molar-refractivity contribution in [1.82, 2.24) is 0 Å². The Labute approximate surface area is 110 Å². The van der Waals surface area contributed by atoms with Gasteiger partial charge in [0.15, 0.2) is 23.3 Å². The maximum atomic E-state index is 13.9. The summed E-state index contributed by atoms with van der Waals surface area (Å²) in [6.45, 7) is -0.0264. The predicted octanol–water partition coefficient (Wildman–Crippen LogP) is 3.78. The molecule has 0 aliphatic heterocycles. The Morgan fingerprint density at radius 2 is 1.39 bits per heavy atom. The van der Waals surface area contributed by atoms with Crippen molar-refractivity contribution in [1.29, 1.82) is 0 Å². The van der Waals surface area contributed by atoms with Gasteiger partial charge in [-0.2, -0.15) is 0 Å². The fourth-order valence-electron chi connectivity index (χ4n) is 2.68. The lowest BCUT2D eigenvalue weighted by Crippen LogP contribution is -2.35. The summed E-state index contributed by atoms with van der Waals surface area (Å²) in [6.07, 6.45) is 2.38. The molecule has 6 heteroatoms. The first-order chi connectivity index (χ1) is 8.44. The Hall–Kier alpha value is -0.620. The lowest BCUT2D eigenvalue weighted by molar-refractivity contribution is 0.362. The van der Waals surface area contributed by atoms with Crippen LogP contribution in [0.3, 0.4) is 0 Å². The highest BCUT2D eigenvalue weighted by molar-refractivity contribution is 9.10. The van der Waals surface area contributed by atoms with Crippen LogP contribution in [0.25, 0.3) is 0 Å². The zero-order chi connectivity index (χ0) is 13.5. The van der Waals surface area contributed by atoms with E-state index in [1.165, 1.54) is 0 Å². The molecule has 0 amide bonds. The standard InChI is InChI=1S/C12H12BrF4N/c13-7-10(16)8(14)6(9(15)11(7)17)12(5-18)3-1-2-4-12/h1-5,18H2. The molecule has 0 unspecified atom stereocenters. The molecule has 2 N–H and O–H groups in total. The molecule has 0 spiro atoms. The molecule has 100 valence electrons. The Morgan fingerprint density at radius 3 is 1.78 bits per heavy atom. The van der Waals surface area contributed by atoms with Crippen LogP contribution in [0.5, 0.6) is 0 Å². The summed E-state index contributed by atoms with van der Waals surface area (Å²) in [7, 11) is 0. The number of benzene rings is 1. The minimum atomic E-state index is -1.40. The summed E-state index contributed by atoms with van der Waals surface area (Å²) in [6, 6.07) is 0. The minimum absolute atomic E-state index is 0.0264. The van der Waals surface area contributed by atoms with E-state index in [1.54, 1.807) is 0 Å². The Bertz CT molecular complexity index is 454. The summed E-state index contributed by atoms with van der Waals surface area (Å²) in [5.74, 6) is -5.48. The normalized spacial score (nSPS) is 18.3. The van der Waals surface area contributed by atoms with Gasteiger partial charge in [-0.1, -0.05) is 12.8 Å². The third kappa shape index (κ3) is 1.86. The first kappa shape index (κ1) is 13.8. The van der Waals surface area contributed by atoms with Gasteiger partial charge in [0, 0.05) is 17.5 Å². The van der Waals surface area contributed by atoms with Crippen LogP contribution in [0, 0.1) is 23.3 Å². The maximum Gasteiger partial charge on any atom is 0.176 e. The SMILES string of the molecule is NCC1(c2c(F)c(F)c(Br)c(F)c2F)CCCC1. The van der Waals surface area contributed by atoms with Crippen LogP contribution in [0.2, 0.25) is 0 Å². The molecule has 0 heterocycles. The van der Waals surface area contributed by atoms with E-state index in [1.807, 2.05) is 0 Å². The predicted molar refractivity (Wildman–Crippen MR) is 63.2 cm³/mol. The first-order valence-electron chi connectivity index (χ1n) is 5.66. The lowest BCUT2D eigenvalue weighted by Gasteiger charge is -2.29. The monoisotopic (exact) mass is 325 g/mol. The second kappa shape index (κ2) is 4.81. The highest BCUT2D eigenvalue weighted by Gasteiger charge is 2.41. The molecule has 1 aliphatic rings. The maximum absolute atomic E-state index is 13.9. The van der Waals surface area contributed by atoms with E-state index in [0.717, 1.165) is 12.8 Å². The van der Waals surface area contributed by atoms with Gasteiger partial charge in [0.1, 0.15) is 0 Å². The van der Waals surface area contributed by atoms with E-state index in [4.69, 9.17) is 5.73 Å². The second-order valence-corrected chi connectivity index (χ2v) is 5.43. The Kier molecular flexibility index (Phi) is 3.69. The van der Waals surface area contributed by atoms with Crippen LogP contribution in [0.1, 0.15) is 31.2 Å². The van der Waals surface area contributed by atoms with Gasteiger partial charge in [-0.15, -0.1) is 0 Å². The molecule has 0 aromatic heterocycles. The molecule has 0 bridgehead atoms. The lowest BCUT2D eigenvalue weighted by atomic mass is 9.78. The van der Waals surface area contributed by atoms with Gasteiger partial charge in [-0.25, -0.2) is 17.6 Å². The molecule has 1 fully saturated rings. The number of nitrogens with two attached hydrogens (primary N) is 1. The zero-order valence-corrected chi connectivity index (χ0v) is 11.1.